The van der Waals surface area contributed by atoms with E-state index in [-0.39, 0.29) is 11.8 Å². The van der Waals surface area contributed by atoms with E-state index in [1.54, 1.807) is 0 Å². The lowest BCUT2D eigenvalue weighted by Gasteiger charge is -2.32. The molecule has 0 saturated carbocycles. The summed E-state index contributed by atoms with van der Waals surface area (Å²) in [6.07, 6.45) is -1.96. The number of H-pyrrole nitrogens is 1. The lowest BCUT2D eigenvalue weighted by molar-refractivity contribution is -0.884. The molecule has 2 aliphatic heterocycles. The number of hydrogen-bond acceptors (Lipinski definition) is 3. The molecule has 0 atom stereocenters. The van der Waals surface area contributed by atoms with Crippen LogP contribution in [0.15, 0.2) is 18.3 Å². The van der Waals surface area contributed by atoms with Crippen LogP contribution in [0.2, 0.25) is 0 Å². The Bertz CT molecular complexity index is 606. The third kappa shape index (κ3) is 4.64. The standard InChI is InChI=1S/C17H24F3N5O/c1-23-8-10-25(11-9-23)22-16(26)13-4-6-24(7-5-13)15-3-2-14(12-21-15)17(18,19)20/h2-3,12-13H,4-11H2,1H3,(H,22,26)/p+2. The second kappa shape index (κ2) is 7.79. The van der Waals surface area contributed by atoms with Crippen molar-refractivity contribution in [2.75, 3.05) is 51.2 Å². The van der Waals surface area contributed by atoms with Crippen molar-refractivity contribution in [2.45, 2.75) is 19.0 Å². The molecule has 0 spiro atoms. The van der Waals surface area contributed by atoms with E-state index in [9.17, 15) is 18.0 Å². The van der Waals surface area contributed by atoms with Gasteiger partial charge in [0.2, 0.25) is 5.91 Å². The number of pyridine rings is 1. The zero-order valence-corrected chi connectivity index (χ0v) is 14.9. The lowest BCUT2D eigenvalue weighted by Crippen LogP contribution is -3.12. The molecule has 2 saturated heterocycles. The Hall–Kier alpha value is -1.87. The number of piperidine rings is 1. The highest BCUT2D eigenvalue weighted by atomic mass is 19.4. The molecule has 9 heteroatoms. The van der Waals surface area contributed by atoms with E-state index in [4.69, 9.17) is 0 Å². The number of alkyl halides is 3. The first-order valence-corrected chi connectivity index (χ1v) is 9.03. The molecule has 3 heterocycles. The summed E-state index contributed by atoms with van der Waals surface area (Å²) in [5.74, 6) is 0.659. The molecule has 144 valence electrons. The van der Waals surface area contributed by atoms with E-state index in [1.165, 1.54) is 11.0 Å². The second-order valence-corrected chi connectivity index (χ2v) is 7.14. The number of quaternary nitrogens is 1. The van der Waals surface area contributed by atoms with Crippen molar-refractivity contribution in [1.82, 2.24) is 10.4 Å². The van der Waals surface area contributed by atoms with Crippen molar-refractivity contribution in [2.24, 2.45) is 5.92 Å². The number of amides is 1. The highest BCUT2D eigenvalue weighted by Gasteiger charge is 2.34. The van der Waals surface area contributed by atoms with Gasteiger partial charge in [-0.2, -0.15) is 13.2 Å². The van der Waals surface area contributed by atoms with Crippen LogP contribution in [0.1, 0.15) is 18.4 Å². The number of anilines is 1. The van der Waals surface area contributed by atoms with Crippen molar-refractivity contribution in [3.05, 3.63) is 23.9 Å². The van der Waals surface area contributed by atoms with E-state index < -0.39 is 11.7 Å². The van der Waals surface area contributed by atoms with Crippen LogP contribution in [0.4, 0.5) is 19.0 Å². The van der Waals surface area contributed by atoms with Crippen molar-refractivity contribution in [1.29, 1.82) is 0 Å². The second-order valence-electron chi connectivity index (χ2n) is 7.14. The van der Waals surface area contributed by atoms with Crippen molar-refractivity contribution < 1.29 is 27.8 Å². The molecule has 1 aromatic heterocycles. The number of nitrogens with one attached hydrogen (secondary N) is 3. The number of carbonyl (C=O) groups is 1. The minimum atomic E-state index is -4.34. The van der Waals surface area contributed by atoms with Crippen LogP contribution >= 0.6 is 0 Å². The van der Waals surface area contributed by atoms with Crippen LogP contribution in [-0.2, 0) is 11.0 Å². The normalized spacial score (nSPS) is 21.0. The highest BCUT2D eigenvalue weighted by Crippen LogP contribution is 2.29. The van der Waals surface area contributed by atoms with Gasteiger partial charge in [0.25, 0.3) is 5.82 Å². The Balaban J connectivity index is 1.48. The molecular weight excluding hydrogens is 347 g/mol. The molecular formula is C17H26F3N5O+2. The van der Waals surface area contributed by atoms with Gasteiger partial charge in [0, 0.05) is 12.0 Å². The minimum Gasteiger partial charge on any atom is -0.335 e. The van der Waals surface area contributed by atoms with Crippen LogP contribution in [0, 0.1) is 5.92 Å². The Morgan fingerprint density at radius 2 is 1.85 bits per heavy atom. The third-order valence-corrected chi connectivity index (χ3v) is 5.22. The topological polar surface area (TPSA) is 54.2 Å². The van der Waals surface area contributed by atoms with E-state index in [2.05, 4.69) is 17.5 Å². The van der Waals surface area contributed by atoms with Gasteiger partial charge in [-0.25, -0.2) is 9.99 Å². The summed E-state index contributed by atoms with van der Waals surface area (Å²) in [7, 11) is 2.15. The highest BCUT2D eigenvalue weighted by molar-refractivity contribution is 5.78. The van der Waals surface area contributed by atoms with Crippen LogP contribution in [0.3, 0.4) is 0 Å². The Morgan fingerprint density at radius 3 is 2.38 bits per heavy atom. The maximum Gasteiger partial charge on any atom is 0.419 e. The Morgan fingerprint density at radius 1 is 1.19 bits per heavy atom. The Kier molecular flexibility index (Phi) is 5.67. The van der Waals surface area contributed by atoms with Crippen LogP contribution < -0.4 is 20.2 Å². The van der Waals surface area contributed by atoms with Crippen LogP contribution in [-0.4, -0.2) is 57.2 Å². The fourth-order valence-corrected chi connectivity index (χ4v) is 3.42. The molecule has 3 N–H and O–H groups in total. The predicted molar refractivity (Wildman–Crippen MR) is 89.3 cm³/mol. The predicted octanol–water partition coefficient (Wildman–Crippen LogP) is -0.403. The molecule has 0 bridgehead atoms. The van der Waals surface area contributed by atoms with Crippen LogP contribution in [0.25, 0.3) is 0 Å². The van der Waals surface area contributed by atoms with E-state index >= 15 is 0 Å². The quantitative estimate of drug-likeness (QED) is 0.758. The first-order valence-electron chi connectivity index (χ1n) is 9.03. The van der Waals surface area contributed by atoms with Gasteiger partial charge in [-0.1, -0.05) is 0 Å². The van der Waals surface area contributed by atoms with Gasteiger partial charge in [-0.05, 0) is 18.9 Å². The van der Waals surface area contributed by atoms with Gasteiger partial charge in [-0.15, -0.1) is 0 Å². The summed E-state index contributed by atoms with van der Waals surface area (Å²) in [5.41, 5.74) is 2.33. The summed E-state index contributed by atoms with van der Waals surface area (Å²) in [5, 5.41) is 1.99. The number of hydrogen-bond donors (Lipinski definition) is 2. The van der Waals surface area contributed by atoms with Crippen molar-refractivity contribution in [3.8, 4) is 0 Å². The maximum absolute atomic E-state index is 12.6. The maximum atomic E-state index is 12.6. The van der Waals surface area contributed by atoms with E-state index in [0.717, 1.165) is 38.4 Å². The number of hydrazine groups is 1. The van der Waals surface area contributed by atoms with Crippen LogP contribution in [0.5, 0.6) is 0 Å². The molecule has 0 aromatic carbocycles. The fourth-order valence-electron chi connectivity index (χ4n) is 3.42. The van der Waals surface area contributed by atoms with Gasteiger partial charge >= 0.3 is 6.18 Å². The summed E-state index contributed by atoms with van der Waals surface area (Å²) in [4.78, 5) is 18.6. The molecule has 6 nitrogen and oxygen atoms in total. The monoisotopic (exact) mass is 373 g/mol. The third-order valence-electron chi connectivity index (χ3n) is 5.22. The lowest BCUT2D eigenvalue weighted by atomic mass is 9.96. The average molecular weight is 373 g/mol. The largest absolute Gasteiger partial charge is 0.419 e. The van der Waals surface area contributed by atoms with Crippen molar-refractivity contribution >= 4 is 11.7 Å². The van der Waals surface area contributed by atoms with Gasteiger partial charge in [0.15, 0.2) is 0 Å². The van der Waals surface area contributed by atoms with Gasteiger partial charge in [0.05, 0.1) is 51.9 Å². The first kappa shape index (κ1) is 18.9. The van der Waals surface area contributed by atoms with Crippen molar-refractivity contribution in [3.63, 3.8) is 0 Å². The number of aromatic nitrogens is 1. The molecule has 26 heavy (non-hydrogen) atoms. The number of halogens is 3. The van der Waals surface area contributed by atoms with Gasteiger partial charge < -0.3 is 4.90 Å². The zero-order valence-electron chi connectivity index (χ0n) is 14.9. The van der Waals surface area contributed by atoms with E-state index in [1.807, 2.05) is 9.91 Å². The molecule has 2 aliphatic rings. The molecule has 1 aromatic rings. The summed E-state index contributed by atoms with van der Waals surface area (Å²) in [6.45, 7) is 5.04. The van der Waals surface area contributed by atoms with E-state index in [0.29, 0.717) is 31.7 Å². The molecule has 0 aliphatic carbocycles. The molecule has 2 fully saturated rings. The number of likely N-dealkylation sites (N-methyl/N-ethyl adjacent to an activating group) is 1. The molecule has 3 rings (SSSR count). The minimum absolute atomic E-state index is 0.0484. The van der Waals surface area contributed by atoms with Gasteiger partial charge in [0.1, 0.15) is 6.20 Å². The molecule has 0 unspecified atom stereocenters. The number of piperazine rings is 1. The van der Waals surface area contributed by atoms with Gasteiger partial charge in [-0.3, -0.25) is 15.1 Å². The summed E-state index contributed by atoms with van der Waals surface area (Å²) in [6, 6.07) is 2.54. The number of nitrogens with zero attached hydrogens (tertiary/aromatic N) is 2. The average Bonchev–Trinajstić information content (AvgIpc) is 2.63. The zero-order chi connectivity index (χ0) is 18.7. The Labute approximate surface area is 150 Å². The fraction of sp³-hybridized carbons (Fsp3) is 0.647. The summed E-state index contributed by atoms with van der Waals surface area (Å²) < 4.78 is 37.9. The molecule has 0 radical (unpaired) electrons. The number of carbonyl (C=O) groups excluding carboxylic acids is 1. The number of rotatable bonds is 3. The molecule has 1 amide bonds. The number of aromatic amines is 1. The first-order chi connectivity index (χ1) is 12.3. The smallest absolute Gasteiger partial charge is 0.335 e. The SMILES string of the molecule is C[NH+]1CCN(NC(=O)C2CCN(c3ccc(C(F)(F)F)c[nH+]3)CC2)CC1. The summed E-state index contributed by atoms with van der Waals surface area (Å²) >= 11 is 0.